The fourth-order valence-electron chi connectivity index (χ4n) is 2.28. The molecule has 2 radical (unpaired) electrons. The molecular weight excluding hydrogens is 185 g/mol. The number of rotatable bonds is 1. The van der Waals surface area contributed by atoms with Gasteiger partial charge in [0.25, 0.3) is 0 Å². The van der Waals surface area contributed by atoms with E-state index in [0.29, 0.717) is 11.8 Å². The molecule has 1 aliphatic rings. The van der Waals surface area contributed by atoms with Gasteiger partial charge in [0.2, 0.25) is 7.85 Å². The van der Waals surface area contributed by atoms with Gasteiger partial charge in [-0.3, -0.25) is 4.79 Å². The van der Waals surface area contributed by atoms with Crippen molar-refractivity contribution in [2.75, 3.05) is 13.1 Å². The average Bonchev–Trinajstić information content (AvgIpc) is 2.62. The molecule has 0 saturated carbocycles. The molecule has 1 heterocycles. The topological polar surface area (TPSA) is 20.3 Å². The molecule has 1 fully saturated rings. The highest BCUT2D eigenvalue weighted by Crippen LogP contribution is 2.31. The molecule has 1 aliphatic heterocycles. The van der Waals surface area contributed by atoms with Crippen molar-refractivity contribution in [3.63, 3.8) is 0 Å². The lowest BCUT2D eigenvalue weighted by molar-refractivity contribution is 0.230. The van der Waals surface area contributed by atoms with E-state index in [9.17, 15) is 4.79 Å². The molecule has 2 unspecified atom stereocenters. The van der Waals surface area contributed by atoms with Gasteiger partial charge in [-0.25, -0.2) is 0 Å². The largest absolute Gasteiger partial charge is 0.352 e. The standard InChI is InChI=1S/C12H14BNO/c1-9-7-14(12(13)15)8-11(9)10-5-3-2-4-6-10/h2-6,9,11H,7-8H2,1H3. The Kier molecular flexibility index (Phi) is 2.80. The second-order valence-corrected chi connectivity index (χ2v) is 4.24. The van der Waals surface area contributed by atoms with E-state index in [-0.39, 0.29) is 5.81 Å². The highest BCUT2D eigenvalue weighted by atomic mass is 16.1. The first-order valence-electron chi connectivity index (χ1n) is 5.28. The van der Waals surface area contributed by atoms with Crippen LogP contribution >= 0.6 is 0 Å². The minimum Gasteiger partial charge on any atom is -0.352 e. The zero-order valence-corrected chi connectivity index (χ0v) is 8.89. The van der Waals surface area contributed by atoms with Crippen molar-refractivity contribution >= 4 is 13.7 Å². The third kappa shape index (κ3) is 2.06. The fourth-order valence-corrected chi connectivity index (χ4v) is 2.28. The predicted octanol–water partition coefficient (Wildman–Crippen LogP) is 2.01. The van der Waals surface area contributed by atoms with Crippen molar-refractivity contribution in [3.05, 3.63) is 35.9 Å². The molecule has 1 saturated heterocycles. The Labute approximate surface area is 91.7 Å². The van der Waals surface area contributed by atoms with Crippen molar-refractivity contribution in [1.29, 1.82) is 0 Å². The van der Waals surface area contributed by atoms with Crippen LogP contribution in [0.25, 0.3) is 0 Å². The Morgan fingerprint density at radius 3 is 2.53 bits per heavy atom. The molecule has 2 atom stereocenters. The van der Waals surface area contributed by atoms with Crippen molar-refractivity contribution in [2.45, 2.75) is 12.8 Å². The maximum Gasteiger partial charge on any atom is 0.200 e. The van der Waals surface area contributed by atoms with Crippen molar-refractivity contribution in [2.24, 2.45) is 5.92 Å². The van der Waals surface area contributed by atoms with Crippen LogP contribution in [0.4, 0.5) is 4.79 Å². The number of carbonyl (C=O) groups excluding carboxylic acids is 1. The second-order valence-electron chi connectivity index (χ2n) is 4.24. The monoisotopic (exact) mass is 199 g/mol. The maximum atomic E-state index is 11.1. The van der Waals surface area contributed by atoms with Crippen LogP contribution in [-0.4, -0.2) is 31.6 Å². The smallest absolute Gasteiger partial charge is 0.200 e. The zero-order chi connectivity index (χ0) is 10.8. The van der Waals surface area contributed by atoms with E-state index < -0.39 is 0 Å². The Morgan fingerprint density at radius 2 is 2.00 bits per heavy atom. The van der Waals surface area contributed by atoms with Gasteiger partial charge in [-0.2, -0.15) is 0 Å². The molecular formula is C12H14BNO. The van der Waals surface area contributed by atoms with E-state index >= 15 is 0 Å². The van der Waals surface area contributed by atoms with E-state index in [1.165, 1.54) is 5.56 Å². The minimum atomic E-state index is -0.305. The van der Waals surface area contributed by atoms with Crippen molar-refractivity contribution < 1.29 is 4.79 Å². The molecule has 76 valence electrons. The van der Waals surface area contributed by atoms with Gasteiger partial charge < -0.3 is 4.90 Å². The Morgan fingerprint density at radius 1 is 1.33 bits per heavy atom. The van der Waals surface area contributed by atoms with Gasteiger partial charge >= 0.3 is 0 Å². The van der Waals surface area contributed by atoms with E-state index in [0.717, 1.165) is 13.1 Å². The number of benzene rings is 1. The summed E-state index contributed by atoms with van der Waals surface area (Å²) in [5.41, 5.74) is 1.30. The van der Waals surface area contributed by atoms with E-state index in [1.807, 2.05) is 18.2 Å². The lowest BCUT2D eigenvalue weighted by Gasteiger charge is -2.15. The van der Waals surface area contributed by atoms with Crippen LogP contribution in [0, 0.1) is 5.92 Å². The first-order valence-corrected chi connectivity index (χ1v) is 5.28. The van der Waals surface area contributed by atoms with Crippen molar-refractivity contribution in [1.82, 2.24) is 4.90 Å². The van der Waals surface area contributed by atoms with E-state index in [2.05, 4.69) is 19.1 Å². The Bertz CT molecular complexity index is 352. The van der Waals surface area contributed by atoms with Gasteiger partial charge in [-0.15, -0.1) is 0 Å². The van der Waals surface area contributed by atoms with Crippen LogP contribution in [0.2, 0.25) is 0 Å². The molecule has 15 heavy (non-hydrogen) atoms. The number of nitrogens with zero attached hydrogens (tertiary/aromatic N) is 1. The highest BCUT2D eigenvalue weighted by Gasteiger charge is 2.31. The van der Waals surface area contributed by atoms with Gasteiger partial charge in [0.15, 0.2) is 5.81 Å². The third-order valence-corrected chi connectivity index (χ3v) is 3.15. The fraction of sp³-hybridized carbons (Fsp3) is 0.417. The molecule has 0 bridgehead atoms. The molecule has 1 amide bonds. The van der Waals surface area contributed by atoms with Gasteiger partial charge in [0.1, 0.15) is 0 Å². The predicted molar refractivity (Wildman–Crippen MR) is 61.1 cm³/mol. The molecule has 1 aromatic carbocycles. The molecule has 1 aromatic rings. The summed E-state index contributed by atoms with van der Waals surface area (Å²) < 4.78 is 0. The molecule has 2 nitrogen and oxygen atoms in total. The highest BCUT2D eigenvalue weighted by molar-refractivity contribution is 6.56. The van der Waals surface area contributed by atoms with Crippen molar-refractivity contribution in [3.8, 4) is 0 Å². The first-order chi connectivity index (χ1) is 7.18. The first kappa shape index (κ1) is 10.3. The average molecular weight is 199 g/mol. The normalized spacial score (nSPS) is 25.5. The molecule has 0 aliphatic carbocycles. The van der Waals surface area contributed by atoms with Gasteiger partial charge in [0, 0.05) is 19.0 Å². The van der Waals surface area contributed by atoms with Gasteiger partial charge in [-0.1, -0.05) is 37.3 Å². The summed E-state index contributed by atoms with van der Waals surface area (Å²) >= 11 is 0. The second kappa shape index (κ2) is 4.09. The summed E-state index contributed by atoms with van der Waals surface area (Å²) in [6.45, 7) is 3.69. The lowest BCUT2D eigenvalue weighted by Crippen LogP contribution is -2.27. The summed E-state index contributed by atoms with van der Waals surface area (Å²) in [7, 11) is 5.29. The number of hydrogen-bond donors (Lipinski definition) is 0. The summed E-state index contributed by atoms with van der Waals surface area (Å²) in [5.74, 6) is 0.610. The summed E-state index contributed by atoms with van der Waals surface area (Å²) in [6, 6.07) is 10.3. The summed E-state index contributed by atoms with van der Waals surface area (Å²) in [6.07, 6.45) is 0. The zero-order valence-electron chi connectivity index (χ0n) is 8.89. The summed E-state index contributed by atoms with van der Waals surface area (Å²) in [5, 5.41) is 0. The number of hydrogen-bond acceptors (Lipinski definition) is 1. The molecule has 2 rings (SSSR count). The van der Waals surface area contributed by atoms with Crippen LogP contribution in [-0.2, 0) is 0 Å². The third-order valence-electron chi connectivity index (χ3n) is 3.15. The molecule has 3 heteroatoms. The Hall–Kier alpha value is -1.25. The number of amides is 1. The SMILES string of the molecule is [B]C(=O)N1CC(C)C(c2ccccc2)C1. The van der Waals surface area contributed by atoms with E-state index in [1.54, 1.807) is 4.90 Å². The van der Waals surface area contributed by atoms with Crippen LogP contribution in [0.5, 0.6) is 0 Å². The van der Waals surface area contributed by atoms with E-state index in [4.69, 9.17) is 7.85 Å². The number of carbonyl (C=O) groups is 1. The van der Waals surface area contributed by atoms with Gasteiger partial charge in [-0.05, 0) is 11.5 Å². The molecule has 0 spiro atoms. The molecule has 0 aromatic heterocycles. The quantitative estimate of drug-likeness (QED) is 0.633. The van der Waals surface area contributed by atoms with Crippen LogP contribution < -0.4 is 0 Å². The van der Waals surface area contributed by atoms with Gasteiger partial charge in [0.05, 0.1) is 0 Å². The number of likely N-dealkylation sites (tertiary alicyclic amines) is 1. The van der Waals surface area contributed by atoms with Crippen LogP contribution in [0.15, 0.2) is 30.3 Å². The lowest BCUT2D eigenvalue weighted by atomic mass is 9.90. The molecule has 0 N–H and O–H groups in total. The maximum absolute atomic E-state index is 11.1. The van der Waals surface area contributed by atoms with Crippen LogP contribution in [0.3, 0.4) is 0 Å². The minimum absolute atomic E-state index is 0.305. The summed E-state index contributed by atoms with van der Waals surface area (Å²) in [4.78, 5) is 12.8. The van der Waals surface area contributed by atoms with Crippen LogP contribution in [0.1, 0.15) is 18.4 Å². The Balaban J connectivity index is 2.15.